The van der Waals surface area contributed by atoms with E-state index in [4.69, 9.17) is 21.1 Å². The maximum Gasteiger partial charge on any atom is 0.264 e. The van der Waals surface area contributed by atoms with Crippen molar-refractivity contribution >= 4 is 55.4 Å². The summed E-state index contributed by atoms with van der Waals surface area (Å²) in [5, 5.41) is 4.56. The first-order valence-corrected chi connectivity index (χ1v) is 15.1. The third-order valence-corrected chi connectivity index (χ3v) is 8.74. The maximum atomic E-state index is 13.6. The van der Waals surface area contributed by atoms with Crippen molar-refractivity contribution in [3.05, 3.63) is 117 Å². The molecule has 1 N–H and O–H groups in total. The first kappa shape index (κ1) is 31.0. The van der Waals surface area contributed by atoms with Gasteiger partial charge in [-0.05, 0) is 83.0 Å². The quantitative estimate of drug-likeness (QED) is 0.145. The molecule has 0 heterocycles. The minimum Gasteiger partial charge on any atom is -0.493 e. The number of rotatable bonds is 11. The number of amides is 1. The molecule has 0 saturated heterocycles. The number of hydrazone groups is 1. The SMILES string of the molecule is COc1cc(/C=N\NC(=O)CN(c2ccc(F)cc2)S(=O)(=O)c2ccc(C)cc2)cc(Br)c1OCc1ccccc1Cl. The summed E-state index contributed by atoms with van der Waals surface area (Å²) >= 11 is 9.70. The van der Waals surface area contributed by atoms with E-state index in [0.717, 1.165) is 27.6 Å². The van der Waals surface area contributed by atoms with Crippen LogP contribution in [0.15, 0.2) is 99.4 Å². The van der Waals surface area contributed by atoms with Crippen LogP contribution in [-0.2, 0) is 21.4 Å². The average Bonchev–Trinajstić information content (AvgIpc) is 2.96. The predicted molar refractivity (Wildman–Crippen MR) is 164 cm³/mol. The van der Waals surface area contributed by atoms with Gasteiger partial charge < -0.3 is 9.47 Å². The van der Waals surface area contributed by atoms with Gasteiger partial charge in [0, 0.05) is 10.6 Å². The molecule has 8 nitrogen and oxygen atoms in total. The van der Waals surface area contributed by atoms with Crippen molar-refractivity contribution in [3.63, 3.8) is 0 Å². The van der Waals surface area contributed by atoms with E-state index in [1.54, 1.807) is 30.3 Å². The van der Waals surface area contributed by atoms with E-state index in [0.29, 0.717) is 26.6 Å². The summed E-state index contributed by atoms with van der Waals surface area (Å²) in [6.45, 7) is 1.45. The summed E-state index contributed by atoms with van der Waals surface area (Å²) in [4.78, 5) is 12.8. The molecule has 42 heavy (non-hydrogen) atoms. The normalized spacial score (nSPS) is 11.4. The minimum absolute atomic E-state index is 0.0116. The molecule has 0 spiro atoms. The van der Waals surface area contributed by atoms with Crippen molar-refractivity contribution in [2.45, 2.75) is 18.4 Å². The largest absolute Gasteiger partial charge is 0.493 e. The highest BCUT2D eigenvalue weighted by molar-refractivity contribution is 9.10. The first-order valence-electron chi connectivity index (χ1n) is 12.5. The highest BCUT2D eigenvalue weighted by Gasteiger charge is 2.27. The fraction of sp³-hybridized carbons (Fsp3) is 0.133. The van der Waals surface area contributed by atoms with Crippen molar-refractivity contribution < 1.29 is 27.1 Å². The number of hydrogen-bond donors (Lipinski definition) is 1. The molecule has 1 amide bonds. The van der Waals surface area contributed by atoms with Gasteiger partial charge in [0.1, 0.15) is 19.0 Å². The molecule has 0 atom stereocenters. The van der Waals surface area contributed by atoms with Gasteiger partial charge in [0.2, 0.25) is 0 Å². The van der Waals surface area contributed by atoms with Gasteiger partial charge in [0.15, 0.2) is 11.5 Å². The van der Waals surface area contributed by atoms with Gasteiger partial charge in [0.05, 0.1) is 28.4 Å². The van der Waals surface area contributed by atoms with Gasteiger partial charge in [-0.1, -0.05) is 47.5 Å². The van der Waals surface area contributed by atoms with Gasteiger partial charge in [-0.2, -0.15) is 5.10 Å². The van der Waals surface area contributed by atoms with E-state index in [1.807, 2.05) is 25.1 Å². The van der Waals surface area contributed by atoms with Gasteiger partial charge in [-0.3, -0.25) is 9.10 Å². The molecule has 0 aliphatic heterocycles. The molecule has 0 radical (unpaired) electrons. The number of ether oxygens (including phenoxy) is 2. The number of aryl methyl sites for hydroxylation is 1. The Labute approximate surface area is 256 Å². The zero-order chi connectivity index (χ0) is 30.3. The Morgan fingerprint density at radius 3 is 2.43 bits per heavy atom. The maximum absolute atomic E-state index is 13.6. The predicted octanol–water partition coefficient (Wildman–Crippen LogP) is 6.48. The molecule has 0 aliphatic rings. The molecule has 0 aliphatic carbocycles. The topological polar surface area (TPSA) is 97.3 Å². The average molecular weight is 675 g/mol. The molecule has 4 aromatic rings. The number of carbonyl (C=O) groups excluding carboxylic acids is 1. The van der Waals surface area contributed by atoms with Gasteiger partial charge in [-0.25, -0.2) is 18.2 Å². The van der Waals surface area contributed by atoms with Crippen LogP contribution in [0.1, 0.15) is 16.7 Å². The molecule has 0 saturated carbocycles. The second-order valence-corrected chi connectivity index (χ2v) is 12.1. The zero-order valence-electron chi connectivity index (χ0n) is 22.6. The van der Waals surface area contributed by atoms with E-state index in [2.05, 4.69) is 26.5 Å². The number of anilines is 1. The molecule has 0 unspecified atom stereocenters. The lowest BCUT2D eigenvalue weighted by Crippen LogP contribution is -2.39. The third kappa shape index (κ3) is 7.67. The van der Waals surface area contributed by atoms with E-state index in [1.165, 1.54) is 37.6 Å². The van der Waals surface area contributed by atoms with E-state index < -0.39 is 28.3 Å². The highest BCUT2D eigenvalue weighted by atomic mass is 79.9. The third-order valence-electron chi connectivity index (χ3n) is 6.00. The molecular weight excluding hydrogens is 649 g/mol. The second-order valence-electron chi connectivity index (χ2n) is 9.01. The van der Waals surface area contributed by atoms with Crippen molar-refractivity contribution in [1.29, 1.82) is 0 Å². The summed E-state index contributed by atoms with van der Waals surface area (Å²) in [7, 11) is -2.66. The molecule has 0 fully saturated rings. The molecule has 218 valence electrons. The van der Waals surface area contributed by atoms with Crippen molar-refractivity contribution in [1.82, 2.24) is 5.43 Å². The Kier molecular flexibility index (Phi) is 10.2. The Balaban J connectivity index is 1.49. The number of carbonyl (C=O) groups is 1. The lowest BCUT2D eigenvalue weighted by Gasteiger charge is -2.23. The Hall–Kier alpha value is -3.93. The van der Waals surface area contributed by atoms with E-state index >= 15 is 0 Å². The van der Waals surface area contributed by atoms with Gasteiger partial charge >= 0.3 is 0 Å². The number of nitrogens with zero attached hydrogens (tertiary/aromatic N) is 2. The Morgan fingerprint density at radius 1 is 1.07 bits per heavy atom. The molecule has 4 rings (SSSR count). The minimum atomic E-state index is -4.15. The van der Waals surface area contributed by atoms with Gasteiger partial charge in [-0.15, -0.1) is 0 Å². The fourth-order valence-electron chi connectivity index (χ4n) is 3.82. The van der Waals surface area contributed by atoms with Crippen molar-refractivity contribution in [2.75, 3.05) is 18.0 Å². The second kappa shape index (κ2) is 13.8. The molecule has 12 heteroatoms. The zero-order valence-corrected chi connectivity index (χ0v) is 25.7. The summed E-state index contributed by atoms with van der Waals surface area (Å²) < 4.78 is 53.3. The van der Waals surface area contributed by atoms with Crippen LogP contribution in [-0.4, -0.2) is 34.2 Å². The van der Waals surface area contributed by atoms with E-state index in [9.17, 15) is 17.6 Å². The van der Waals surface area contributed by atoms with Crippen molar-refractivity contribution in [2.24, 2.45) is 5.10 Å². The Morgan fingerprint density at radius 2 is 1.76 bits per heavy atom. The number of nitrogens with one attached hydrogen (secondary N) is 1. The van der Waals surface area contributed by atoms with Crippen LogP contribution in [0.4, 0.5) is 10.1 Å². The van der Waals surface area contributed by atoms with Crippen LogP contribution in [0.2, 0.25) is 5.02 Å². The lowest BCUT2D eigenvalue weighted by atomic mass is 10.2. The van der Waals surface area contributed by atoms with Crippen LogP contribution in [0.25, 0.3) is 0 Å². The Bertz CT molecular complexity index is 1700. The number of sulfonamides is 1. The summed E-state index contributed by atoms with van der Waals surface area (Å²) in [5.41, 5.74) is 4.71. The summed E-state index contributed by atoms with van der Waals surface area (Å²) in [5.74, 6) is -0.384. The smallest absolute Gasteiger partial charge is 0.264 e. The number of halogens is 3. The van der Waals surface area contributed by atoms with Crippen LogP contribution < -0.4 is 19.2 Å². The molecular formula is C30H26BrClFN3O5S. The summed E-state index contributed by atoms with van der Waals surface area (Å²) in [6, 6.07) is 21.7. The van der Waals surface area contributed by atoms with Gasteiger partial charge in [0.25, 0.3) is 15.9 Å². The standard InChI is InChI=1S/C30H26BrClFN3O5S/c1-20-7-13-25(14-8-20)42(38,39)36(24-11-9-23(33)10-12-24)18-29(37)35-34-17-21-15-26(31)30(28(16-21)40-2)41-19-22-5-3-4-6-27(22)32/h3-17H,18-19H2,1-2H3,(H,35,37)/b34-17-. The monoisotopic (exact) mass is 673 g/mol. The number of hydrogen-bond acceptors (Lipinski definition) is 6. The highest BCUT2D eigenvalue weighted by Crippen LogP contribution is 2.37. The molecule has 0 bridgehead atoms. The van der Waals surface area contributed by atoms with E-state index in [-0.39, 0.29) is 17.2 Å². The fourth-order valence-corrected chi connectivity index (χ4v) is 6.01. The molecule has 4 aromatic carbocycles. The van der Waals surface area contributed by atoms with Crippen LogP contribution in [0.5, 0.6) is 11.5 Å². The van der Waals surface area contributed by atoms with Crippen LogP contribution in [0.3, 0.4) is 0 Å². The molecule has 0 aromatic heterocycles. The lowest BCUT2D eigenvalue weighted by molar-refractivity contribution is -0.119. The summed E-state index contributed by atoms with van der Waals surface area (Å²) in [6.07, 6.45) is 1.37. The van der Waals surface area contributed by atoms with Crippen molar-refractivity contribution in [3.8, 4) is 11.5 Å². The van der Waals surface area contributed by atoms with Crippen LogP contribution >= 0.6 is 27.5 Å². The number of methoxy groups -OCH3 is 1. The first-order chi connectivity index (χ1) is 20.1. The van der Waals surface area contributed by atoms with Crippen LogP contribution in [0, 0.1) is 12.7 Å². The number of benzene rings is 4.